The Morgan fingerprint density at radius 1 is 1.29 bits per heavy atom. The average Bonchev–Trinajstić information content (AvgIpc) is 2.95. The number of carbonyl (C=O) groups is 1. The highest BCUT2D eigenvalue weighted by Crippen LogP contribution is 2.36. The monoisotopic (exact) mass is 202 g/mol. The third kappa shape index (κ3) is 1.26. The van der Waals surface area contributed by atoms with E-state index in [1.165, 1.54) is 10.1 Å². The third-order valence-electron chi connectivity index (χ3n) is 2.62. The van der Waals surface area contributed by atoms with E-state index in [-0.39, 0.29) is 0 Å². The van der Waals surface area contributed by atoms with Gasteiger partial charge in [-0.25, -0.2) is 0 Å². The second-order valence-electron chi connectivity index (χ2n) is 3.79. The molecular weight excluding hydrogens is 192 g/mol. The van der Waals surface area contributed by atoms with E-state index >= 15 is 0 Å². The van der Waals surface area contributed by atoms with Crippen LogP contribution in [0.2, 0.25) is 0 Å². The summed E-state index contributed by atoms with van der Waals surface area (Å²) in [7, 11) is 0. The summed E-state index contributed by atoms with van der Waals surface area (Å²) in [6.45, 7) is 0. The predicted octanol–water partition coefficient (Wildman–Crippen LogP) is 3.49. The van der Waals surface area contributed by atoms with E-state index in [9.17, 15) is 4.79 Å². The van der Waals surface area contributed by atoms with Crippen molar-refractivity contribution in [1.29, 1.82) is 0 Å². The number of ketones is 1. The maximum Gasteiger partial charge on any atom is 0.175 e. The highest BCUT2D eigenvalue weighted by Gasteiger charge is 2.31. The molecule has 0 aliphatic heterocycles. The normalized spacial score (nSPS) is 16.0. The van der Waals surface area contributed by atoms with Crippen molar-refractivity contribution >= 4 is 27.2 Å². The topological polar surface area (TPSA) is 17.1 Å². The van der Waals surface area contributed by atoms with Crippen LogP contribution in [0, 0.1) is 5.92 Å². The van der Waals surface area contributed by atoms with Crippen LogP contribution < -0.4 is 0 Å². The second-order valence-corrected chi connectivity index (χ2v) is 4.87. The van der Waals surface area contributed by atoms with Crippen molar-refractivity contribution in [2.24, 2.45) is 5.92 Å². The number of Topliss-reactive ketones (excluding diaryl/α,β-unsaturated/α-hetero) is 1. The van der Waals surface area contributed by atoms with Gasteiger partial charge in [-0.15, -0.1) is 11.3 Å². The van der Waals surface area contributed by atoms with Gasteiger partial charge in [0.15, 0.2) is 5.78 Å². The minimum Gasteiger partial charge on any atom is -0.293 e. The van der Waals surface area contributed by atoms with Gasteiger partial charge in [-0.2, -0.15) is 0 Å². The molecule has 1 aromatic carbocycles. The first-order valence-corrected chi connectivity index (χ1v) is 5.69. The van der Waals surface area contributed by atoms with Crippen molar-refractivity contribution in [3.05, 3.63) is 35.2 Å². The Kier molecular flexibility index (Phi) is 1.71. The molecule has 1 fully saturated rings. The first kappa shape index (κ1) is 8.18. The lowest BCUT2D eigenvalue weighted by molar-refractivity contribution is 0.0971. The Hall–Kier alpha value is -1.15. The van der Waals surface area contributed by atoms with Crippen LogP contribution in [0.4, 0.5) is 0 Å². The molecule has 1 heterocycles. The molecular formula is C12H10OS. The number of benzene rings is 1. The fourth-order valence-electron chi connectivity index (χ4n) is 1.65. The number of thiophene rings is 1. The molecule has 0 spiro atoms. The zero-order valence-corrected chi connectivity index (χ0v) is 8.51. The molecule has 0 atom stereocenters. The maximum atomic E-state index is 11.8. The molecule has 1 nitrogen and oxygen atoms in total. The zero-order chi connectivity index (χ0) is 9.54. The van der Waals surface area contributed by atoms with Crippen LogP contribution in [0.5, 0.6) is 0 Å². The summed E-state index contributed by atoms with van der Waals surface area (Å²) in [5.74, 6) is 0.689. The summed E-state index contributed by atoms with van der Waals surface area (Å²) < 4.78 is 1.22. The molecule has 2 heteroatoms. The van der Waals surface area contributed by atoms with E-state index in [2.05, 4.69) is 12.1 Å². The Labute approximate surface area is 86.4 Å². The van der Waals surface area contributed by atoms with Crippen molar-refractivity contribution in [1.82, 2.24) is 0 Å². The van der Waals surface area contributed by atoms with Gasteiger partial charge in [0.25, 0.3) is 0 Å². The van der Waals surface area contributed by atoms with E-state index in [1.54, 1.807) is 11.3 Å². The van der Waals surface area contributed by atoms with Crippen LogP contribution in [0.25, 0.3) is 10.1 Å². The molecule has 0 amide bonds. The van der Waals surface area contributed by atoms with Gasteiger partial charge < -0.3 is 0 Å². The van der Waals surface area contributed by atoms with E-state index in [4.69, 9.17) is 0 Å². The lowest BCUT2D eigenvalue weighted by Gasteiger charge is -1.89. The molecule has 2 aromatic rings. The number of hydrogen-bond acceptors (Lipinski definition) is 2. The van der Waals surface area contributed by atoms with Crippen LogP contribution in [-0.4, -0.2) is 5.78 Å². The first-order chi connectivity index (χ1) is 6.84. The number of rotatable bonds is 2. The van der Waals surface area contributed by atoms with Gasteiger partial charge in [0.2, 0.25) is 0 Å². The van der Waals surface area contributed by atoms with Crippen LogP contribution in [-0.2, 0) is 0 Å². The summed E-state index contributed by atoms with van der Waals surface area (Å²) in [6, 6.07) is 10.2. The van der Waals surface area contributed by atoms with E-state index < -0.39 is 0 Å². The highest BCUT2D eigenvalue weighted by molar-refractivity contribution is 7.20. The van der Waals surface area contributed by atoms with Gasteiger partial charge >= 0.3 is 0 Å². The van der Waals surface area contributed by atoms with Gasteiger partial charge in [-0.3, -0.25) is 4.79 Å². The number of carbonyl (C=O) groups excluding carboxylic acids is 1. The van der Waals surface area contributed by atoms with Crippen molar-refractivity contribution < 1.29 is 4.79 Å². The zero-order valence-electron chi connectivity index (χ0n) is 7.69. The third-order valence-corrected chi connectivity index (χ3v) is 3.75. The maximum absolute atomic E-state index is 11.8. The Balaban J connectivity index is 2.09. The first-order valence-electron chi connectivity index (χ1n) is 4.87. The predicted molar refractivity (Wildman–Crippen MR) is 58.9 cm³/mol. The van der Waals surface area contributed by atoms with Crippen LogP contribution in [0.1, 0.15) is 22.5 Å². The number of hydrogen-bond donors (Lipinski definition) is 0. The van der Waals surface area contributed by atoms with Crippen LogP contribution in [0.15, 0.2) is 30.3 Å². The molecule has 0 N–H and O–H groups in total. The minimum absolute atomic E-state index is 0.336. The molecule has 0 saturated heterocycles. The molecule has 14 heavy (non-hydrogen) atoms. The summed E-state index contributed by atoms with van der Waals surface area (Å²) in [4.78, 5) is 12.7. The molecule has 0 bridgehead atoms. The van der Waals surface area contributed by atoms with E-state index in [0.717, 1.165) is 17.7 Å². The Morgan fingerprint density at radius 2 is 2.07 bits per heavy atom. The van der Waals surface area contributed by atoms with Crippen LogP contribution in [0.3, 0.4) is 0 Å². The average molecular weight is 202 g/mol. The van der Waals surface area contributed by atoms with Gasteiger partial charge in [0.1, 0.15) is 0 Å². The van der Waals surface area contributed by atoms with Crippen LogP contribution >= 0.6 is 11.3 Å². The SMILES string of the molecule is O=C(c1cc2ccccc2s1)C1CC1. The summed E-state index contributed by atoms with van der Waals surface area (Å²) >= 11 is 1.62. The van der Waals surface area contributed by atoms with E-state index in [0.29, 0.717) is 11.7 Å². The van der Waals surface area contributed by atoms with Gasteiger partial charge in [-0.1, -0.05) is 18.2 Å². The van der Waals surface area contributed by atoms with E-state index in [1.807, 2.05) is 18.2 Å². The van der Waals surface area contributed by atoms with Gasteiger partial charge in [0.05, 0.1) is 4.88 Å². The summed E-state index contributed by atoms with van der Waals surface area (Å²) in [5.41, 5.74) is 0. The molecule has 70 valence electrons. The van der Waals surface area contributed by atoms with Crippen molar-refractivity contribution in [3.8, 4) is 0 Å². The number of fused-ring (bicyclic) bond motifs is 1. The highest BCUT2D eigenvalue weighted by atomic mass is 32.1. The fourth-order valence-corrected chi connectivity index (χ4v) is 2.73. The minimum atomic E-state index is 0.336. The Bertz CT molecular complexity index is 461. The lowest BCUT2D eigenvalue weighted by atomic mass is 10.2. The standard InChI is InChI=1S/C12H10OS/c13-12(8-5-6-8)11-7-9-3-1-2-4-10(9)14-11/h1-4,7-8H,5-6H2. The van der Waals surface area contributed by atoms with Gasteiger partial charge in [-0.05, 0) is 30.4 Å². The largest absolute Gasteiger partial charge is 0.293 e. The fraction of sp³-hybridized carbons (Fsp3) is 0.250. The smallest absolute Gasteiger partial charge is 0.175 e. The molecule has 1 aromatic heterocycles. The molecule has 3 rings (SSSR count). The molecule has 0 radical (unpaired) electrons. The second kappa shape index (κ2) is 2.92. The molecule has 1 aliphatic rings. The molecule has 1 aliphatic carbocycles. The van der Waals surface area contributed by atoms with Gasteiger partial charge in [0, 0.05) is 10.6 Å². The molecule has 1 saturated carbocycles. The van der Waals surface area contributed by atoms with Crippen molar-refractivity contribution in [3.63, 3.8) is 0 Å². The lowest BCUT2D eigenvalue weighted by Crippen LogP contribution is -1.96. The summed E-state index contributed by atoms with van der Waals surface area (Å²) in [5, 5.41) is 1.20. The van der Waals surface area contributed by atoms with Crippen molar-refractivity contribution in [2.45, 2.75) is 12.8 Å². The summed E-state index contributed by atoms with van der Waals surface area (Å²) in [6.07, 6.45) is 2.18. The quantitative estimate of drug-likeness (QED) is 0.681. The Morgan fingerprint density at radius 3 is 2.79 bits per heavy atom. The molecule has 0 unspecified atom stereocenters. The van der Waals surface area contributed by atoms with Crippen molar-refractivity contribution in [2.75, 3.05) is 0 Å².